The highest BCUT2D eigenvalue weighted by Gasteiger charge is 2.31. The van der Waals surface area contributed by atoms with Crippen LogP contribution in [0.3, 0.4) is 0 Å². The normalized spacial score (nSPS) is 14.9. The van der Waals surface area contributed by atoms with Crippen LogP contribution in [0, 0.1) is 0 Å². The molecular formula is C10H13NOS. The smallest absolute Gasteiger partial charge is 0.237 e. The van der Waals surface area contributed by atoms with Crippen LogP contribution < -0.4 is 5.73 Å². The lowest BCUT2D eigenvalue weighted by molar-refractivity contribution is -0.120. The zero-order valence-electron chi connectivity index (χ0n) is 7.53. The fourth-order valence-corrected chi connectivity index (χ4v) is 1.38. The third-order valence-electron chi connectivity index (χ3n) is 2.17. The third kappa shape index (κ3) is 1.86. The van der Waals surface area contributed by atoms with Crippen LogP contribution in [-0.4, -0.2) is 5.91 Å². The van der Waals surface area contributed by atoms with E-state index >= 15 is 0 Å². The monoisotopic (exact) mass is 195 g/mol. The predicted molar refractivity (Wildman–Crippen MR) is 56.6 cm³/mol. The van der Waals surface area contributed by atoms with E-state index in [0.717, 1.165) is 5.56 Å². The molecule has 1 amide bonds. The maximum Gasteiger partial charge on any atom is 0.237 e. The lowest BCUT2D eigenvalue weighted by Gasteiger charge is -2.23. The van der Waals surface area contributed by atoms with Gasteiger partial charge in [-0.25, -0.2) is 0 Å². The largest absolute Gasteiger partial charge is 0.368 e. The second kappa shape index (κ2) is 3.83. The van der Waals surface area contributed by atoms with E-state index in [-0.39, 0.29) is 0 Å². The Morgan fingerprint density at radius 2 is 2.00 bits per heavy atom. The van der Waals surface area contributed by atoms with Crippen LogP contribution in [-0.2, 0) is 9.54 Å². The summed E-state index contributed by atoms with van der Waals surface area (Å²) in [5, 5.41) is 0. The number of primary amides is 1. The summed E-state index contributed by atoms with van der Waals surface area (Å²) >= 11 is 4.33. The van der Waals surface area contributed by atoms with Crippen molar-refractivity contribution in [1.29, 1.82) is 0 Å². The lowest BCUT2D eigenvalue weighted by atomic mass is 9.95. The van der Waals surface area contributed by atoms with E-state index in [4.69, 9.17) is 5.73 Å². The Bertz CT molecular complexity index is 299. The van der Waals surface area contributed by atoms with Crippen molar-refractivity contribution in [2.75, 3.05) is 0 Å². The van der Waals surface area contributed by atoms with Crippen LogP contribution in [0.25, 0.3) is 0 Å². The molecule has 0 aromatic heterocycles. The van der Waals surface area contributed by atoms with Gasteiger partial charge in [0.2, 0.25) is 5.91 Å². The van der Waals surface area contributed by atoms with Crippen LogP contribution in [0.5, 0.6) is 0 Å². The van der Waals surface area contributed by atoms with E-state index in [9.17, 15) is 4.79 Å². The Kier molecular flexibility index (Phi) is 2.98. The van der Waals surface area contributed by atoms with E-state index in [0.29, 0.717) is 6.42 Å². The number of rotatable bonds is 3. The lowest BCUT2D eigenvalue weighted by Crippen LogP contribution is -2.35. The van der Waals surface area contributed by atoms with E-state index in [1.165, 1.54) is 0 Å². The molecule has 0 saturated heterocycles. The van der Waals surface area contributed by atoms with Crippen LogP contribution in [0.1, 0.15) is 18.9 Å². The average Bonchev–Trinajstić information content (AvgIpc) is 2.17. The molecule has 0 radical (unpaired) electrons. The molecular weight excluding hydrogens is 182 g/mol. The minimum absolute atomic E-state index is 0.399. The number of benzene rings is 1. The van der Waals surface area contributed by atoms with Gasteiger partial charge in [-0.05, 0) is 12.0 Å². The molecule has 0 aliphatic carbocycles. The second-order valence-corrected chi connectivity index (χ2v) is 3.71. The molecule has 13 heavy (non-hydrogen) atoms. The van der Waals surface area contributed by atoms with Gasteiger partial charge in [0.05, 0.1) is 0 Å². The number of thiol groups is 1. The van der Waals surface area contributed by atoms with Crippen molar-refractivity contribution >= 4 is 18.5 Å². The molecule has 1 unspecified atom stereocenters. The van der Waals surface area contributed by atoms with Crippen molar-refractivity contribution in [1.82, 2.24) is 0 Å². The minimum Gasteiger partial charge on any atom is -0.368 e. The van der Waals surface area contributed by atoms with Crippen molar-refractivity contribution < 1.29 is 4.79 Å². The molecule has 2 N–H and O–H groups in total. The average molecular weight is 195 g/mol. The van der Waals surface area contributed by atoms with Crippen LogP contribution in [0.15, 0.2) is 30.3 Å². The maximum atomic E-state index is 11.2. The summed E-state index contributed by atoms with van der Waals surface area (Å²) < 4.78 is -0.832. The molecule has 2 nitrogen and oxygen atoms in total. The van der Waals surface area contributed by atoms with Gasteiger partial charge in [-0.1, -0.05) is 37.3 Å². The van der Waals surface area contributed by atoms with Crippen molar-refractivity contribution in [3.63, 3.8) is 0 Å². The molecule has 0 saturated carbocycles. The first-order chi connectivity index (χ1) is 6.11. The van der Waals surface area contributed by atoms with E-state index in [1.54, 1.807) is 0 Å². The highest BCUT2D eigenvalue weighted by atomic mass is 32.1. The van der Waals surface area contributed by atoms with E-state index < -0.39 is 10.7 Å². The number of hydrogen-bond acceptors (Lipinski definition) is 2. The molecule has 1 aromatic rings. The molecule has 0 bridgehead atoms. The van der Waals surface area contributed by atoms with Crippen LogP contribution in [0.2, 0.25) is 0 Å². The fourth-order valence-electron chi connectivity index (χ4n) is 1.23. The Morgan fingerprint density at radius 3 is 2.38 bits per heavy atom. The zero-order chi connectivity index (χ0) is 9.90. The summed E-state index contributed by atoms with van der Waals surface area (Å²) in [6.45, 7) is 1.89. The third-order valence-corrected chi connectivity index (χ3v) is 2.97. The highest BCUT2D eigenvalue weighted by Crippen LogP contribution is 2.31. The number of hydrogen-bond donors (Lipinski definition) is 2. The SMILES string of the molecule is CCC(S)(C(N)=O)c1ccccc1. The summed E-state index contributed by atoms with van der Waals surface area (Å²) in [5.41, 5.74) is 6.15. The van der Waals surface area contributed by atoms with Gasteiger partial charge in [0, 0.05) is 0 Å². The van der Waals surface area contributed by atoms with Crippen LogP contribution >= 0.6 is 12.6 Å². The zero-order valence-corrected chi connectivity index (χ0v) is 8.42. The molecule has 1 aromatic carbocycles. The first kappa shape index (κ1) is 10.1. The molecule has 1 atom stereocenters. The first-order valence-electron chi connectivity index (χ1n) is 4.19. The molecule has 0 aliphatic heterocycles. The van der Waals surface area contributed by atoms with Crippen molar-refractivity contribution in [3.05, 3.63) is 35.9 Å². The van der Waals surface area contributed by atoms with E-state index in [1.807, 2.05) is 37.3 Å². The van der Waals surface area contributed by atoms with Gasteiger partial charge in [-0.15, -0.1) is 0 Å². The standard InChI is InChI=1S/C10H13NOS/c1-2-10(13,9(11)12)8-6-4-3-5-7-8/h3-7,13H,2H2,1H3,(H2,11,12). The number of carbonyl (C=O) groups excluding carboxylic acids is 1. The summed E-state index contributed by atoms with van der Waals surface area (Å²) in [6, 6.07) is 9.37. The van der Waals surface area contributed by atoms with Gasteiger partial charge in [0.15, 0.2) is 0 Å². The molecule has 70 valence electrons. The van der Waals surface area contributed by atoms with Crippen molar-refractivity contribution in [2.24, 2.45) is 5.73 Å². The highest BCUT2D eigenvalue weighted by molar-refractivity contribution is 7.82. The summed E-state index contributed by atoms with van der Waals surface area (Å²) in [6.07, 6.45) is 0.593. The Labute approximate surface area is 83.5 Å². The van der Waals surface area contributed by atoms with Gasteiger partial charge < -0.3 is 5.73 Å². The Hall–Kier alpha value is -0.960. The van der Waals surface area contributed by atoms with Gasteiger partial charge in [0.25, 0.3) is 0 Å². The molecule has 3 heteroatoms. The predicted octanol–water partition coefficient (Wildman–Crippen LogP) is 1.71. The number of carbonyl (C=O) groups is 1. The molecule has 1 rings (SSSR count). The van der Waals surface area contributed by atoms with Crippen molar-refractivity contribution in [3.8, 4) is 0 Å². The quantitative estimate of drug-likeness (QED) is 0.708. The second-order valence-electron chi connectivity index (χ2n) is 2.94. The minimum atomic E-state index is -0.832. The Balaban J connectivity index is 3.11. The topological polar surface area (TPSA) is 43.1 Å². The number of amides is 1. The number of nitrogens with two attached hydrogens (primary N) is 1. The van der Waals surface area contributed by atoms with Gasteiger partial charge in [-0.3, -0.25) is 4.79 Å². The van der Waals surface area contributed by atoms with E-state index in [2.05, 4.69) is 12.6 Å². The summed E-state index contributed by atoms with van der Waals surface area (Å²) in [7, 11) is 0. The van der Waals surface area contributed by atoms with Crippen LogP contribution in [0.4, 0.5) is 0 Å². The Morgan fingerprint density at radius 1 is 1.46 bits per heavy atom. The van der Waals surface area contributed by atoms with Gasteiger partial charge >= 0.3 is 0 Å². The van der Waals surface area contributed by atoms with Crippen molar-refractivity contribution in [2.45, 2.75) is 18.1 Å². The van der Waals surface area contributed by atoms with Gasteiger partial charge in [0.1, 0.15) is 4.75 Å². The summed E-state index contributed by atoms with van der Waals surface area (Å²) in [4.78, 5) is 11.2. The molecule has 0 fully saturated rings. The first-order valence-corrected chi connectivity index (χ1v) is 4.63. The van der Waals surface area contributed by atoms with Gasteiger partial charge in [-0.2, -0.15) is 12.6 Å². The summed E-state index contributed by atoms with van der Waals surface area (Å²) in [5.74, 6) is -0.399. The molecule has 0 aliphatic rings. The molecule has 0 spiro atoms. The fraction of sp³-hybridized carbons (Fsp3) is 0.300. The molecule has 0 heterocycles. The maximum absolute atomic E-state index is 11.2.